The van der Waals surface area contributed by atoms with Gasteiger partial charge in [-0.05, 0) is 40.4 Å². The number of hydrogen-bond donors (Lipinski definition) is 1. The van der Waals surface area contributed by atoms with Crippen LogP contribution in [0.2, 0.25) is 0 Å². The van der Waals surface area contributed by atoms with Gasteiger partial charge < -0.3 is 5.32 Å². The number of nitrogens with one attached hydrogen (secondary N) is 1. The maximum atomic E-state index is 8.81. The van der Waals surface area contributed by atoms with Crippen LogP contribution in [0.15, 0.2) is 22.0 Å². The van der Waals surface area contributed by atoms with Gasteiger partial charge in [-0.1, -0.05) is 0 Å². The van der Waals surface area contributed by atoms with Crippen molar-refractivity contribution in [3.05, 3.63) is 38.3 Å². The van der Waals surface area contributed by atoms with Gasteiger partial charge in [0.25, 0.3) is 0 Å². The fraction of sp³-hybridized carbons (Fsp3) is 0.182. The van der Waals surface area contributed by atoms with Crippen molar-refractivity contribution < 1.29 is 0 Å². The van der Waals surface area contributed by atoms with Gasteiger partial charge >= 0.3 is 0 Å². The number of aromatic nitrogens is 2. The molecule has 0 radical (unpaired) electrons. The van der Waals surface area contributed by atoms with Crippen molar-refractivity contribution in [1.29, 1.82) is 5.26 Å². The van der Waals surface area contributed by atoms with Crippen molar-refractivity contribution >= 4 is 33.2 Å². The Morgan fingerprint density at radius 1 is 1.53 bits per heavy atom. The molecule has 2 heterocycles. The highest BCUT2D eigenvalue weighted by atomic mass is 79.9. The lowest BCUT2D eigenvalue weighted by Gasteiger charge is -2.04. The van der Waals surface area contributed by atoms with Crippen molar-refractivity contribution in [3.8, 4) is 6.07 Å². The number of anilines is 1. The summed E-state index contributed by atoms with van der Waals surface area (Å²) in [5.41, 5.74) is 1.16. The minimum Gasteiger partial charge on any atom is -0.349 e. The second-order valence-corrected chi connectivity index (χ2v) is 5.23. The van der Waals surface area contributed by atoms with Gasteiger partial charge in [-0.2, -0.15) is 5.26 Å². The first-order chi connectivity index (χ1) is 8.19. The molecule has 17 heavy (non-hydrogen) atoms. The largest absolute Gasteiger partial charge is 0.349 e. The van der Waals surface area contributed by atoms with E-state index in [1.165, 1.54) is 4.88 Å². The molecule has 0 bridgehead atoms. The third-order valence-corrected chi connectivity index (χ3v) is 3.99. The van der Waals surface area contributed by atoms with Crippen LogP contribution in [0, 0.1) is 18.3 Å². The maximum absolute atomic E-state index is 8.81. The predicted molar refractivity (Wildman–Crippen MR) is 70.8 cm³/mol. The molecule has 0 saturated heterocycles. The Kier molecular flexibility index (Phi) is 3.71. The van der Waals surface area contributed by atoms with Gasteiger partial charge in [0, 0.05) is 15.0 Å². The number of nitrogens with zero attached hydrogens (tertiary/aromatic N) is 3. The molecule has 0 fully saturated rings. The summed E-state index contributed by atoms with van der Waals surface area (Å²) in [6.07, 6.45) is 0. The Morgan fingerprint density at radius 2 is 2.35 bits per heavy atom. The molecular weight excluding hydrogens is 300 g/mol. The number of aryl methyl sites for hydroxylation is 1. The fourth-order valence-corrected chi connectivity index (χ4v) is 2.75. The van der Waals surface area contributed by atoms with Gasteiger partial charge in [-0.3, -0.25) is 0 Å². The third-order valence-electron chi connectivity index (χ3n) is 2.07. The van der Waals surface area contributed by atoms with Crippen LogP contribution in [0.3, 0.4) is 0 Å². The average Bonchev–Trinajstić information content (AvgIpc) is 2.71. The van der Waals surface area contributed by atoms with E-state index in [9.17, 15) is 0 Å². The van der Waals surface area contributed by atoms with Crippen molar-refractivity contribution in [2.45, 2.75) is 13.5 Å². The normalized spacial score (nSPS) is 9.94. The standard InChI is InChI=1S/C11H9BrN4S/c1-7-4-8(5-13)16-11(15-7)14-6-10-9(12)2-3-17-10/h2-4H,6H2,1H3,(H,14,15,16). The fourth-order valence-electron chi connectivity index (χ4n) is 1.32. The molecule has 0 aliphatic carbocycles. The number of nitriles is 1. The summed E-state index contributed by atoms with van der Waals surface area (Å²) in [6, 6.07) is 5.67. The molecule has 0 aliphatic rings. The second kappa shape index (κ2) is 5.25. The molecule has 0 atom stereocenters. The monoisotopic (exact) mass is 308 g/mol. The van der Waals surface area contributed by atoms with Gasteiger partial charge in [0.15, 0.2) is 0 Å². The van der Waals surface area contributed by atoms with Gasteiger partial charge in [0.05, 0.1) is 6.54 Å². The molecular formula is C11H9BrN4S. The Morgan fingerprint density at radius 3 is 3.00 bits per heavy atom. The van der Waals surface area contributed by atoms with Gasteiger partial charge in [0.2, 0.25) is 5.95 Å². The Labute approximate surface area is 111 Å². The molecule has 4 nitrogen and oxygen atoms in total. The molecule has 0 saturated carbocycles. The van der Waals surface area contributed by atoms with Crippen LogP contribution in [-0.2, 0) is 6.54 Å². The Hall–Kier alpha value is -1.45. The first-order valence-corrected chi connectivity index (χ1v) is 6.58. The number of hydrogen-bond acceptors (Lipinski definition) is 5. The summed E-state index contributed by atoms with van der Waals surface area (Å²) in [6.45, 7) is 2.49. The van der Waals surface area contributed by atoms with Gasteiger partial charge in [0.1, 0.15) is 11.8 Å². The summed E-state index contributed by atoms with van der Waals surface area (Å²) in [5, 5.41) is 13.9. The van der Waals surface area contributed by atoms with E-state index in [-0.39, 0.29) is 0 Å². The predicted octanol–water partition coefficient (Wildman–Crippen LogP) is 3.09. The highest BCUT2D eigenvalue weighted by molar-refractivity contribution is 9.10. The second-order valence-electron chi connectivity index (χ2n) is 3.38. The minimum atomic E-state index is 0.380. The van der Waals surface area contributed by atoms with Crippen molar-refractivity contribution in [1.82, 2.24) is 9.97 Å². The summed E-state index contributed by atoms with van der Waals surface area (Å²) in [7, 11) is 0. The molecule has 2 aromatic rings. The summed E-state index contributed by atoms with van der Waals surface area (Å²) < 4.78 is 1.07. The average molecular weight is 309 g/mol. The summed E-state index contributed by atoms with van der Waals surface area (Å²) in [5.74, 6) is 0.488. The highest BCUT2D eigenvalue weighted by Gasteiger charge is 2.04. The molecule has 0 amide bonds. The molecule has 0 aromatic carbocycles. The summed E-state index contributed by atoms with van der Waals surface area (Å²) >= 11 is 5.11. The van der Waals surface area contributed by atoms with Crippen LogP contribution in [-0.4, -0.2) is 9.97 Å². The van der Waals surface area contributed by atoms with Crippen LogP contribution in [0.4, 0.5) is 5.95 Å². The van der Waals surface area contributed by atoms with Crippen LogP contribution in [0.25, 0.3) is 0 Å². The highest BCUT2D eigenvalue weighted by Crippen LogP contribution is 2.23. The molecule has 86 valence electrons. The molecule has 6 heteroatoms. The smallest absolute Gasteiger partial charge is 0.224 e. The molecule has 0 unspecified atom stereocenters. The SMILES string of the molecule is Cc1cc(C#N)nc(NCc2sccc2Br)n1. The number of halogens is 1. The Bertz CT molecular complexity index is 573. The zero-order valence-electron chi connectivity index (χ0n) is 9.07. The zero-order chi connectivity index (χ0) is 12.3. The molecule has 2 rings (SSSR count). The van der Waals surface area contributed by atoms with Crippen molar-refractivity contribution in [2.24, 2.45) is 0 Å². The quantitative estimate of drug-likeness (QED) is 0.946. The minimum absolute atomic E-state index is 0.380. The van der Waals surface area contributed by atoms with E-state index in [1.54, 1.807) is 17.4 Å². The zero-order valence-corrected chi connectivity index (χ0v) is 11.5. The maximum Gasteiger partial charge on any atom is 0.224 e. The third kappa shape index (κ3) is 3.02. The lowest BCUT2D eigenvalue weighted by atomic mass is 10.3. The topological polar surface area (TPSA) is 61.6 Å². The van der Waals surface area contributed by atoms with E-state index in [0.717, 1.165) is 10.2 Å². The first kappa shape index (κ1) is 12.0. The molecule has 0 spiro atoms. The van der Waals surface area contributed by atoms with E-state index in [2.05, 4.69) is 31.2 Å². The van der Waals surface area contributed by atoms with E-state index in [1.807, 2.05) is 24.4 Å². The van der Waals surface area contributed by atoms with E-state index in [0.29, 0.717) is 18.2 Å². The Balaban J connectivity index is 2.12. The van der Waals surface area contributed by atoms with Gasteiger partial charge in [-0.15, -0.1) is 11.3 Å². The molecule has 2 aromatic heterocycles. The van der Waals surface area contributed by atoms with Crippen molar-refractivity contribution in [3.63, 3.8) is 0 Å². The van der Waals surface area contributed by atoms with Crippen LogP contribution < -0.4 is 5.32 Å². The van der Waals surface area contributed by atoms with E-state index < -0.39 is 0 Å². The first-order valence-electron chi connectivity index (χ1n) is 4.90. The number of rotatable bonds is 3. The van der Waals surface area contributed by atoms with Crippen LogP contribution in [0.5, 0.6) is 0 Å². The van der Waals surface area contributed by atoms with Crippen LogP contribution >= 0.6 is 27.3 Å². The summed E-state index contributed by atoms with van der Waals surface area (Å²) in [4.78, 5) is 9.49. The lowest BCUT2D eigenvalue weighted by molar-refractivity contribution is 1.03. The van der Waals surface area contributed by atoms with Crippen molar-refractivity contribution in [2.75, 3.05) is 5.32 Å². The van der Waals surface area contributed by atoms with Gasteiger partial charge in [-0.25, -0.2) is 9.97 Å². The van der Waals surface area contributed by atoms with E-state index in [4.69, 9.17) is 5.26 Å². The molecule has 0 aliphatic heterocycles. The lowest BCUT2D eigenvalue weighted by Crippen LogP contribution is -2.04. The van der Waals surface area contributed by atoms with Crippen LogP contribution in [0.1, 0.15) is 16.3 Å². The van der Waals surface area contributed by atoms with E-state index >= 15 is 0 Å². The molecule has 1 N–H and O–H groups in total. The number of thiophene rings is 1.